The van der Waals surface area contributed by atoms with Crippen LogP contribution in [0.5, 0.6) is 0 Å². The third kappa shape index (κ3) is 4.38. The number of ether oxygens (including phenoxy) is 1. The third-order valence-corrected chi connectivity index (χ3v) is 2.93. The number of aryl methyl sites for hydroxylation is 1. The quantitative estimate of drug-likeness (QED) is 0.636. The summed E-state index contributed by atoms with van der Waals surface area (Å²) in [6.45, 7) is 1.09. The van der Waals surface area contributed by atoms with E-state index in [0.29, 0.717) is 13.2 Å². The molecule has 0 aromatic heterocycles. The van der Waals surface area contributed by atoms with Crippen molar-refractivity contribution in [2.45, 2.75) is 19.4 Å². The Bertz CT molecular complexity index is 513. The number of rotatable bonds is 6. The molecular weight excluding hydrogens is 241 g/mol. The molecule has 0 unspecified atom stereocenters. The lowest BCUT2D eigenvalue weighted by Gasteiger charge is -2.06. The highest BCUT2D eigenvalue weighted by Crippen LogP contribution is 2.12. The molecule has 0 aliphatic carbocycles. The minimum absolute atomic E-state index is 0.174. The maximum atomic E-state index is 13.2. The van der Waals surface area contributed by atoms with Crippen molar-refractivity contribution < 1.29 is 9.13 Å². The van der Waals surface area contributed by atoms with Gasteiger partial charge in [0.15, 0.2) is 0 Å². The minimum Gasteiger partial charge on any atom is -0.396 e. The van der Waals surface area contributed by atoms with Crippen LogP contribution in [0.2, 0.25) is 0 Å². The van der Waals surface area contributed by atoms with Gasteiger partial charge in [0.25, 0.3) is 0 Å². The Labute approximate surface area is 113 Å². The predicted molar refractivity (Wildman–Crippen MR) is 75.2 cm³/mol. The monoisotopic (exact) mass is 259 g/mol. The smallest absolute Gasteiger partial charge is 0.146 e. The third-order valence-electron chi connectivity index (χ3n) is 2.93. The van der Waals surface area contributed by atoms with Crippen molar-refractivity contribution in [2.75, 3.05) is 12.3 Å². The van der Waals surface area contributed by atoms with E-state index >= 15 is 0 Å². The maximum Gasteiger partial charge on any atom is 0.146 e. The molecule has 2 N–H and O–H groups in total. The molecular formula is C16H18FNO. The molecule has 100 valence electrons. The Kier molecular flexibility index (Phi) is 4.93. The van der Waals surface area contributed by atoms with Gasteiger partial charge in [0, 0.05) is 6.61 Å². The Morgan fingerprint density at radius 1 is 1.00 bits per heavy atom. The molecule has 0 fully saturated rings. The van der Waals surface area contributed by atoms with Gasteiger partial charge in [-0.15, -0.1) is 0 Å². The lowest BCUT2D eigenvalue weighted by molar-refractivity contribution is 0.118. The molecule has 0 spiro atoms. The van der Waals surface area contributed by atoms with E-state index in [2.05, 4.69) is 12.1 Å². The van der Waals surface area contributed by atoms with Crippen LogP contribution in [-0.2, 0) is 17.8 Å². The molecule has 0 aliphatic heterocycles. The first-order valence-corrected chi connectivity index (χ1v) is 6.41. The van der Waals surface area contributed by atoms with Gasteiger partial charge in [0.2, 0.25) is 0 Å². The summed E-state index contributed by atoms with van der Waals surface area (Å²) in [5, 5.41) is 0. The lowest BCUT2D eigenvalue weighted by Crippen LogP contribution is -1.99. The van der Waals surface area contributed by atoms with E-state index in [4.69, 9.17) is 10.5 Å². The van der Waals surface area contributed by atoms with Crippen molar-refractivity contribution in [2.24, 2.45) is 0 Å². The molecule has 0 bridgehead atoms. The molecule has 0 radical (unpaired) electrons. The minimum atomic E-state index is -0.384. The number of hydrogen-bond donors (Lipinski definition) is 1. The van der Waals surface area contributed by atoms with E-state index in [0.717, 1.165) is 18.4 Å². The molecule has 0 saturated heterocycles. The van der Waals surface area contributed by atoms with Crippen LogP contribution >= 0.6 is 0 Å². The summed E-state index contributed by atoms with van der Waals surface area (Å²) in [6, 6.07) is 15.1. The second-order valence-corrected chi connectivity index (χ2v) is 4.50. The molecule has 2 rings (SSSR count). The van der Waals surface area contributed by atoms with Gasteiger partial charge < -0.3 is 10.5 Å². The fraction of sp³-hybridized carbons (Fsp3) is 0.250. The highest BCUT2D eigenvalue weighted by atomic mass is 19.1. The summed E-state index contributed by atoms with van der Waals surface area (Å²) in [6.07, 6.45) is 1.96. The van der Waals surface area contributed by atoms with Gasteiger partial charge in [-0.2, -0.15) is 0 Å². The number of hydrogen-bond acceptors (Lipinski definition) is 2. The summed E-state index contributed by atoms with van der Waals surface area (Å²) in [5.41, 5.74) is 7.71. The fourth-order valence-corrected chi connectivity index (χ4v) is 1.87. The van der Waals surface area contributed by atoms with Crippen LogP contribution < -0.4 is 5.73 Å². The van der Waals surface area contributed by atoms with E-state index < -0.39 is 0 Å². The summed E-state index contributed by atoms with van der Waals surface area (Å²) in [5.74, 6) is -0.384. The van der Waals surface area contributed by atoms with Crippen molar-refractivity contribution in [3.63, 3.8) is 0 Å². The van der Waals surface area contributed by atoms with Crippen LogP contribution in [0.1, 0.15) is 17.5 Å². The summed E-state index contributed by atoms with van der Waals surface area (Å²) < 4.78 is 18.7. The van der Waals surface area contributed by atoms with Gasteiger partial charge in [-0.05, 0) is 36.1 Å². The predicted octanol–water partition coefficient (Wildman–Crippen LogP) is 3.56. The van der Waals surface area contributed by atoms with Gasteiger partial charge >= 0.3 is 0 Å². The molecule has 0 aliphatic rings. The number of nitrogen functional groups attached to an aromatic ring is 1. The van der Waals surface area contributed by atoms with Crippen LogP contribution in [0, 0.1) is 5.82 Å². The molecule has 2 nitrogen and oxygen atoms in total. The molecule has 3 heteroatoms. The average molecular weight is 259 g/mol. The summed E-state index contributed by atoms with van der Waals surface area (Å²) >= 11 is 0. The van der Waals surface area contributed by atoms with Gasteiger partial charge in [0.1, 0.15) is 5.82 Å². The molecule has 0 atom stereocenters. The largest absolute Gasteiger partial charge is 0.396 e. The second kappa shape index (κ2) is 6.90. The zero-order chi connectivity index (χ0) is 13.5. The van der Waals surface area contributed by atoms with E-state index in [1.807, 2.05) is 18.2 Å². The Morgan fingerprint density at radius 2 is 1.79 bits per heavy atom. The topological polar surface area (TPSA) is 35.2 Å². The average Bonchev–Trinajstić information content (AvgIpc) is 2.43. The first-order chi connectivity index (χ1) is 9.25. The summed E-state index contributed by atoms with van der Waals surface area (Å²) in [7, 11) is 0. The Morgan fingerprint density at radius 3 is 2.53 bits per heavy atom. The Hall–Kier alpha value is -1.87. The van der Waals surface area contributed by atoms with Crippen molar-refractivity contribution in [1.82, 2.24) is 0 Å². The summed E-state index contributed by atoms with van der Waals surface area (Å²) in [4.78, 5) is 0. The number of anilines is 1. The number of benzene rings is 2. The van der Waals surface area contributed by atoms with Gasteiger partial charge in [0.05, 0.1) is 12.3 Å². The molecule has 2 aromatic rings. The second-order valence-electron chi connectivity index (χ2n) is 4.50. The van der Waals surface area contributed by atoms with Crippen LogP contribution in [-0.4, -0.2) is 6.61 Å². The molecule has 2 aromatic carbocycles. The Balaban J connectivity index is 1.68. The van der Waals surface area contributed by atoms with Crippen molar-refractivity contribution in [3.8, 4) is 0 Å². The highest BCUT2D eigenvalue weighted by Gasteiger charge is 2.00. The maximum absolute atomic E-state index is 13.2. The van der Waals surface area contributed by atoms with Crippen molar-refractivity contribution >= 4 is 5.69 Å². The van der Waals surface area contributed by atoms with Crippen LogP contribution in [0.15, 0.2) is 48.5 Å². The lowest BCUT2D eigenvalue weighted by atomic mass is 10.1. The van der Waals surface area contributed by atoms with Gasteiger partial charge in [-0.1, -0.05) is 36.4 Å². The van der Waals surface area contributed by atoms with Crippen LogP contribution in [0.3, 0.4) is 0 Å². The highest BCUT2D eigenvalue weighted by molar-refractivity contribution is 5.41. The zero-order valence-corrected chi connectivity index (χ0v) is 10.8. The normalized spacial score (nSPS) is 10.6. The van der Waals surface area contributed by atoms with Gasteiger partial charge in [-0.25, -0.2) is 4.39 Å². The first kappa shape index (κ1) is 13.6. The molecule has 19 heavy (non-hydrogen) atoms. The SMILES string of the molecule is Nc1ccc(COCCCc2ccccc2)cc1F. The van der Waals surface area contributed by atoms with Crippen molar-refractivity contribution in [3.05, 3.63) is 65.5 Å². The number of nitrogens with two attached hydrogens (primary N) is 1. The van der Waals surface area contributed by atoms with E-state index in [1.165, 1.54) is 11.6 Å². The zero-order valence-electron chi connectivity index (χ0n) is 10.8. The van der Waals surface area contributed by atoms with E-state index in [-0.39, 0.29) is 11.5 Å². The van der Waals surface area contributed by atoms with Gasteiger partial charge in [-0.3, -0.25) is 0 Å². The van der Waals surface area contributed by atoms with E-state index in [1.54, 1.807) is 12.1 Å². The first-order valence-electron chi connectivity index (χ1n) is 6.41. The standard InChI is InChI=1S/C16H18FNO/c17-15-11-14(8-9-16(15)18)12-19-10-4-7-13-5-2-1-3-6-13/h1-3,5-6,8-9,11H,4,7,10,12,18H2. The molecule has 0 heterocycles. The van der Waals surface area contributed by atoms with Crippen LogP contribution in [0.25, 0.3) is 0 Å². The fourth-order valence-electron chi connectivity index (χ4n) is 1.87. The molecule has 0 saturated carbocycles. The molecule has 0 amide bonds. The van der Waals surface area contributed by atoms with Crippen molar-refractivity contribution in [1.29, 1.82) is 0 Å². The van der Waals surface area contributed by atoms with Crippen LogP contribution in [0.4, 0.5) is 10.1 Å². The number of halogens is 1. The van der Waals surface area contributed by atoms with E-state index in [9.17, 15) is 4.39 Å².